The van der Waals surface area contributed by atoms with Crippen molar-refractivity contribution in [1.29, 1.82) is 0 Å². The zero-order chi connectivity index (χ0) is 17.7. The molecule has 0 fully saturated rings. The summed E-state index contributed by atoms with van der Waals surface area (Å²) >= 11 is 0. The molecule has 0 saturated carbocycles. The van der Waals surface area contributed by atoms with Gasteiger partial charge >= 0.3 is 0 Å². The quantitative estimate of drug-likeness (QED) is 0.256. The minimum atomic E-state index is 0. The summed E-state index contributed by atoms with van der Waals surface area (Å²) in [6, 6.07) is 14.3. The first-order valence-corrected chi connectivity index (χ1v) is 8.79. The van der Waals surface area contributed by atoms with Crippen LogP contribution < -0.4 is 10.6 Å². The lowest BCUT2D eigenvalue weighted by atomic mass is 10.1. The number of hydrogen-bond acceptors (Lipinski definition) is 3. The van der Waals surface area contributed by atoms with Gasteiger partial charge in [0.05, 0.1) is 6.10 Å². The third kappa shape index (κ3) is 8.62. The number of aliphatic imine (C=N–C) groups is 1. The van der Waals surface area contributed by atoms with Crippen LogP contribution in [0.4, 0.5) is 0 Å². The van der Waals surface area contributed by atoms with Gasteiger partial charge in [-0.15, -0.1) is 24.0 Å². The topological polar surface area (TPSA) is 58.5 Å². The number of guanidine groups is 1. The molecule has 1 heterocycles. The molecule has 0 amide bonds. The van der Waals surface area contributed by atoms with Gasteiger partial charge in [0.2, 0.25) is 0 Å². The molecule has 6 heteroatoms. The number of benzene rings is 1. The maximum atomic E-state index is 5.88. The van der Waals surface area contributed by atoms with Gasteiger partial charge in [0.15, 0.2) is 5.96 Å². The summed E-state index contributed by atoms with van der Waals surface area (Å²) in [6.07, 6.45) is 5.66. The maximum Gasteiger partial charge on any atom is 0.190 e. The summed E-state index contributed by atoms with van der Waals surface area (Å²) < 4.78 is 5.88. The minimum Gasteiger partial charge on any atom is -0.374 e. The Morgan fingerprint density at radius 3 is 2.58 bits per heavy atom. The molecule has 0 aliphatic heterocycles. The van der Waals surface area contributed by atoms with Crippen LogP contribution in [0, 0.1) is 0 Å². The Hall–Kier alpha value is -1.67. The van der Waals surface area contributed by atoms with E-state index in [1.54, 1.807) is 13.2 Å². The molecular formula is C20H29IN4O. The standard InChI is InChI=1S/C20H28N4O.HI/c1-17(19-9-4-3-5-10-19)25-15-7-13-23-20(21-2)24-14-11-18-8-6-12-22-16-18;/h3-6,8-10,12,16-17H,7,11,13-15H2,1-2H3,(H2,21,23,24);1H. The molecule has 142 valence electrons. The lowest BCUT2D eigenvalue weighted by molar-refractivity contribution is 0.0646. The Kier molecular flexibility index (Phi) is 11.6. The first-order valence-electron chi connectivity index (χ1n) is 8.79. The number of halogens is 1. The molecule has 2 N–H and O–H groups in total. The van der Waals surface area contributed by atoms with Gasteiger partial charge in [0.1, 0.15) is 0 Å². The van der Waals surface area contributed by atoms with Crippen LogP contribution >= 0.6 is 24.0 Å². The number of rotatable bonds is 9. The zero-order valence-electron chi connectivity index (χ0n) is 15.5. The fraction of sp³-hybridized carbons (Fsp3) is 0.400. The van der Waals surface area contributed by atoms with Gasteiger partial charge < -0.3 is 15.4 Å². The van der Waals surface area contributed by atoms with E-state index in [-0.39, 0.29) is 30.1 Å². The summed E-state index contributed by atoms with van der Waals surface area (Å²) in [6.45, 7) is 4.46. The van der Waals surface area contributed by atoms with Crippen LogP contribution in [0.2, 0.25) is 0 Å². The van der Waals surface area contributed by atoms with Crippen molar-refractivity contribution in [2.45, 2.75) is 25.9 Å². The van der Waals surface area contributed by atoms with E-state index in [4.69, 9.17) is 4.74 Å². The van der Waals surface area contributed by atoms with Crippen LogP contribution in [-0.4, -0.2) is 37.7 Å². The number of pyridine rings is 1. The van der Waals surface area contributed by atoms with E-state index in [2.05, 4.69) is 45.7 Å². The summed E-state index contributed by atoms with van der Waals surface area (Å²) in [5.41, 5.74) is 2.43. The third-order valence-electron chi connectivity index (χ3n) is 3.90. The van der Waals surface area contributed by atoms with E-state index >= 15 is 0 Å². The SMILES string of the molecule is CN=C(NCCCOC(C)c1ccccc1)NCCc1cccnc1.I. The summed E-state index contributed by atoms with van der Waals surface area (Å²) in [4.78, 5) is 8.36. The summed E-state index contributed by atoms with van der Waals surface area (Å²) in [5, 5.41) is 6.63. The Labute approximate surface area is 173 Å². The Morgan fingerprint density at radius 2 is 1.88 bits per heavy atom. The van der Waals surface area contributed by atoms with E-state index < -0.39 is 0 Å². The fourth-order valence-corrected chi connectivity index (χ4v) is 2.45. The smallest absolute Gasteiger partial charge is 0.190 e. The van der Waals surface area contributed by atoms with Crippen LogP contribution in [0.15, 0.2) is 59.9 Å². The van der Waals surface area contributed by atoms with Crippen molar-refractivity contribution in [3.63, 3.8) is 0 Å². The molecule has 0 spiro atoms. The molecule has 5 nitrogen and oxygen atoms in total. The average molecular weight is 468 g/mol. The predicted molar refractivity (Wildman–Crippen MR) is 118 cm³/mol. The normalized spacial score (nSPS) is 12.2. The maximum absolute atomic E-state index is 5.88. The van der Waals surface area contributed by atoms with E-state index in [0.29, 0.717) is 0 Å². The number of ether oxygens (including phenoxy) is 1. The molecule has 0 radical (unpaired) electrons. The van der Waals surface area contributed by atoms with Crippen LogP contribution in [0.3, 0.4) is 0 Å². The molecular weight excluding hydrogens is 439 g/mol. The van der Waals surface area contributed by atoms with Gasteiger partial charge in [0.25, 0.3) is 0 Å². The van der Waals surface area contributed by atoms with Crippen LogP contribution in [-0.2, 0) is 11.2 Å². The molecule has 1 unspecified atom stereocenters. The Bertz CT molecular complexity index is 622. The van der Waals surface area contributed by atoms with E-state index in [9.17, 15) is 0 Å². The highest BCUT2D eigenvalue weighted by molar-refractivity contribution is 14.0. The predicted octanol–water partition coefficient (Wildman–Crippen LogP) is 3.58. The molecule has 1 aromatic carbocycles. The van der Waals surface area contributed by atoms with E-state index in [1.165, 1.54) is 11.1 Å². The molecule has 0 aliphatic carbocycles. The molecule has 1 aromatic heterocycles. The number of nitrogens with one attached hydrogen (secondary N) is 2. The average Bonchev–Trinajstić information content (AvgIpc) is 2.67. The second-order valence-corrected chi connectivity index (χ2v) is 5.81. The lowest BCUT2D eigenvalue weighted by Crippen LogP contribution is -2.39. The molecule has 2 aromatic rings. The van der Waals surface area contributed by atoms with E-state index in [1.807, 2.05) is 30.5 Å². The molecule has 0 aliphatic rings. The number of nitrogens with zero attached hydrogens (tertiary/aromatic N) is 2. The first kappa shape index (κ1) is 22.4. The highest BCUT2D eigenvalue weighted by Crippen LogP contribution is 2.15. The third-order valence-corrected chi connectivity index (χ3v) is 3.90. The monoisotopic (exact) mass is 468 g/mol. The summed E-state index contributed by atoms with van der Waals surface area (Å²) in [5.74, 6) is 0.819. The minimum absolute atomic E-state index is 0. The van der Waals surface area contributed by atoms with Crippen molar-refractivity contribution < 1.29 is 4.74 Å². The van der Waals surface area contributed by atoms with Crippen molar-refractivity contribution in [2.75, 3.05) is 26.7 Å². The second-order valence-electron chi connectivity index (χ2n) is 5.81. The largest absolute Gasteiger partial charge is 0.374 e. The van der Waals surface area contributed by atoms with Gasteiger partial charge in [-0.25, -0.2) is 0 Å². The highest BCUT2D eigenvalue weighted by atomic mass is 127. The van der Waals surface area contributed by atoms with E-state index in [0.717, 1.165) is 38.5 Å². The van der Waals surface area contributed by atoms with Crippen molar-refractivity contribution in [1.82, 2.24) is 15.6 Å². The molecule has 26 heavy (non-hydrogen) atoms. The highest BCUT2D eigenvalue weighted by Gasteiger charge is 2.04. The summed E-state index contributed by atoms with van der Waals surface area (Å²) in [7, 11) is 1.79. The molecule has 2 rings (SSSR count). The van der Waals surface area contributed by atoms with Gasteiger partial charge in [0, 0.05) is 39.1 Å². The van der Waals surface area contributed by atoms with Crippen molar-refractivity contribution in [2.24, 2.45) is 4.99 Å². The van der Waals surface area contributed by atoms with Crippen molar-refractivity contribution >= 4 is 29.9 Å². The van der Waals surface area contributed by atoms with Gasteiger partial charge in [-0.05, 0) is 37.0 Å². The van der Waals surface area contributed by atoms with Gasteiger partial charge in [-0.3, -0.25) is 9.98 Å². The fourth-order valence-electron chi connectivity index (χ4n) is 2.45. The first-order chi connectivity index (χ1) is 12.3. The van der Waals surface area contributed by atoms with Crippen LogP contribution in [0.25, 0.3) is 0 Å². The van der Waals surface area contributed by atoms with Crippen molar-refractivity contribution in [3.05, 3.63) is 66.0 Å². The van der Waals surface area contributed by atoms with Crippen molar-refractivity contribution in [3.8, 4) is 0 Å². The molecule has 1 atom stereocenters. The zero-order valence-corrected chi connectivity index (χ0v) is 17.9. The lowest BCUT2D eigenvalue weighted by Gasteiger charge is -2.15. The number of aromatic nitrogens is 1. The molecule has 0 saturated heterocycles. The Morgan fingerprint density at radius 1 is 1.12 bits per heavy atom. The second kappa shape index (κ2) is 13.5. The van der Waals surface area contributed by atoms with Crippen LogP contribution in [0.5, 0.6) is 0 Å². The van der Waals surface area contributed by atoms with Crippen LogP contribution in [0.1, 0.15) is 30.6 Å². The Balaban J connectivity index is 0.00000338. The molecule has 0 bridgehead atoms. The number of hydrogen-bond donors (Lipinski definition) is 2. The van der Waals surface area contributed by atoms with Gasteiger partial charge in [-0.1, -0.05) is 36.4 Å². The van der Waals surface area contributed by atoms with Gasteiger partial charge in [-0.2, -0.15) is 0 Å².